The molecule has 1 aromatic heterocycles. The molecule has 0 atom stereocenters. The monoisotopic (exact) mass is 268 g/mol. The highest BCUT2D eigenvalue weighted by atomic mass is 79.9. The number of benzene rings is 1. The molecule has 72 valence electrons. The maximum absolute atomic E-state index is 4.06. The highest BCUT2D eigenvalue weighted by Gasteiger charge is 2.02. The molecular formula is C10H9BrN2S. The number of hydrogen-bond acceptors (Lipinski definition) is 3. The summed E-state index contributed by atoms with van der Waals surface area (Å²) in [6.07, 6.45) is 0.866. The van der Waals surface area contributed by atoms with Crippen molar-refractivity contribution in [1.82, 2.24) is 10.2 Å². The Morgan fingerprint density at radius 2 is 2.21 bits per heavy atom. The smallest absolute Gasteiger partial charge is 0.142 e. The first kappa shape index (κ1) is 9.80. The summed E-state index contributed by atoms with van der Waals surface area (Å²) in [5, 5.41) is 9.03. The molecule has 1 heterocycles. The summed E-state index contributed by atoms with van der Waals surface area (Å²) in [4.78, 5) is 0. The average Bonchev–Trinajstić information content (AvgIpc) is 2.51. The average molecular weight is 269 g/mol. The van der Waals surface area contributed by atoms with E-state index >= 15 is 0 Å². The molecule has 0 saturated carbocycles. The predicted molar refractivity (Wildman–Crippen MR) is 61.6 cm³/mol. The highest BCUT2D eigenvalue weighted by Crippen LogP contribution is 2.19. The molecule has 0 aliphatic carbocycles. The van der Waals surface area contributed by atoms with E-state index in [0.29, 0.717) is 0 Å². The van der Waals surface area contributed by atoms with E-state index in [4.69, 9.17) is 0 Å². The molecule has 0 N–H and O–H groups in total. The summed E-state index contributed by atoms with van der Waals surface area (Å²) < 4.78 is 0.847. The summed E-state index contributed by atoms with van der Waals surface area (Å²) >= 11 is 4.89. The molecule has 2 nitrogen and oxygen atoms in total. The van der Waals surface area contributed by atoms with E-state index in [9.17, 15) is 0 Å². The first-order valence-corrected chi connectivity index (χ1v) is 5.88. The number of aryl methyl sites for hydroxylation is 1. The van der Waals surface area contributed by atoms with Gasteiger partial charge in [-0.25, -0.2) is 0 Å². The lowest BCUT2D eigenvalue weighted by molar-refractivity contribution is 0.992. The van der Waals surface area contributed by atoms with Crippen LogP contribution in [0.3, 0.4) is 0 Å². The molecule has 14 heavy (non-hydrogen) atoms. The van der Waals surface area contributed by atoms with Gasteiger partial charge in [0.25, 0.3) is 0 Å². The van der Waals surface area contributed by atoms with Crippen molar-refractivity contribution >= 4 is 27.3 Å². The van der Waals surface area contributed by atoms with Crippen LogP contribution in [-0.2, 0) is 6.42 Å². The van der Waals surface area contributed by atoms with E-state index in [0.717, 1.165) is 15.3 Å². The molecule has 0 spiro atoms. The van der Waals surface area contributed by atoms with E-state index in [1.807, 2.05) is 0 Å². The normalized spacial score (nSPS) is 10.4. The van der Waals surface area contributed by atoms with Gasteiger partial charge in [0.15, 0.2) is 3.92 Å². The third-order valence-electron chi connectivity index (χ3n) is 1.88. The standard InChI is InChI=1S/C10H9BrN2S/c1-7-3-2-4-8(5-7)6-9-12-13-10(11)14-9/h2-5H,6H2,1H3. The van der Waals surface area contributed by atoms with Crippen LogP contribution in [0.25, 0.3) is 0 Å². The van der Waals surface area contributed by atoms with Gasteiger partial charge in [0.1, 0.15) is 5.01 Å². The van der Waals surface area contributed by atoms with Crippen molar-refractivity contribution in [1.29, 1.82) is 0 Å². The predicted octanol–water partition coefficient (Wildman–Crippen LogP) is 3.20. The molecular weight excluding hydrogens is 260 g/mol. The zero-order valence-electron chi connectivity index (χ0n) is 7.70. The molecule has 0 radical (unpaired) electrons. The molecule has 0 unspecified atom stereocenters. The molecule has 0 bridgehead atoms. The van der Waals surface area contributed by atoms with Gasteiger partial charge < -0.3 is 0 Å². The number of aromatic nitrogens is 2. The molecule has 0 saturated heterocycles. The van der Waals surface area contributed by atoms with E-state index in [1.165, 1.54) is 11.1 Å². The van der Waals surface area contributed by atoms with Gasteiger partial charge in [-0.15, -0.1) is 10.2 Å². The van der Waals surface area contributed by atoms with Crippen molar-refractivity contribution in [3.63, 3.8) is 0 Å². The Morgan fingerprint density at radius 1 is 1.36 bits per heavy atom. The molecule has 2 rings (SSSR count). The summed E-state index contributed by atoms with van der Waals surface area (Å²) in [5.74, 6) is 0. The van der Waals surface area contributed by atoms with Crippen LogP contribution in [0.5, 0.6) is 0 Å². The summed E-state index contributed by atoms with van der Waals surface area (Å²) in [6.45, 7) is 2.10. The lowest BCUT2D eigenvalue weighted by Gasteiger charge is -1.98. The van der Waals surface area contributed by atoms with Crippen LogP contribution in [0.1, 0.15) is 16.1 Å². The van der Waals surface area contributed by atoms with Gasteiger partial charge >= 0.3 is 0 Å². The van der Waals surface area contributed by atoms with Crippen molar-refractivity contribution in [2.24, 2.45) is 0 Å². The second-order valence-electron chi connectivity index (χ2n) is 3.11. The third kappa shape index (κ3) is 2.39. The SMILES string of the molecule is Cc1cccc(Cc2nnc(Br)s2)c1. The fraction of sp³-hybridized carbons (Fsp3) is 0.200. The summed E-state index contributed by atoms with van der Waals surface area (Å²) in [6, 6.07) is 8.46. The van der Waals surface area contributed by atoms with Gasteiger partial charge in [0.05, 0.1) is 0 Å². The lowest BCUT2D eigenvalue weighted by atomic mass is 10.1. The Labute approximate surface area is 95.1 Å². The number of rotatable bonds is 2. The molecule has 0 fully saturated rings. The van der Waals surface area contributed by atoms with Crippen LogP contribution in [0, 0.1) is 6.92 Å². The highest BCUT2D eigenvalue weighted by molar-refractivity contribution is 9.11. The number of nitrogens with zero attached hydrogens (tertiary/aromatic N) is 2. The minimum absolute atomic E-state index is 0.847. The zero-order valence-corrected chi connectivity index (χ0v) is 10.1. The quantitative estimate of drug-likeness (QED) is 0.836. The van der Waals surface area contributed by atoms with Crippen LogP contribution in [0.2, 0.25) is 0 Å². The van der Waals surface area contributed by atoms with E-state index in [1.54, 1.807) is 11.3 Å². The molecule has 4 heteroatoms. The first-order chi connectivity index (χ1) is 6.74. The second-order valence-corrected chi connectivity index (χ2v) is 5.45. The molecule has 0 aliphatic rings. The van der Waals surface area contributed by atoms with E-state index in [-0.39, 0.29) is 0 Å². The Balaban J connectivity index is 2.18. The van der Waals surface area contributed by atoms with Crippen LogP contribution in [-0.4, -0.2) is 10.2 Å². The van der Waals surface area contributed by atoms with Crippen molar-refractivity contribution in [2.75, 3.05) is 0 Å². The van der Waals surface area contributed by atoms with E-state index < -0.39 is 0 Å². The first-order valence-electron chi connectivity index (χ1n) is 4.27. The van der Waals surface area contributed by atoms with Gasteiger partial charge in [-0.2, -0.15) is 0 Å². The lowest BCUT2D eigenvalue weighted by Crippen LogP contribution is -1.87. The summed E-state index contributed by atoms with van der Waals surface area (Å²) in [5.41, 5.74) is 2.57. The van der Waals surface area contributed by atoms with Gasteiger partial charge in [-0.3, -0.25) is 0 Å². The van der Waals surface area contributed by atoms with Gasteiger partial charge in [-0.1, -0.05) is 41.2 Å². The zero-order chi connectivity index (χ0) is 9.97. The van der Waals surface area contributed by atoms with Crippen LogP contribution in [0.4, 0.5) is 0 Å². The van der Waals surface area contributed by atoms with Crippen molar-refractivity contribution in [3.8, 4) is 0 Å². The topological polar surface area (TPSA) is 25.8 Å². The van der Waals surface area contributed by atoms with Crippen LogP contribution < -0.4 is 0 Å². The largest absolute Gasteiger partial charge is 0.183 e. The molecule has 1 aromatic carbocycles. The minimum atomic E-state index is 0.847. The van der Waals surface area contributed by atoms with Crippen molar-refractivity contribution in [2.45, 2.75) is 13.3 Å². The maximum Gasteiger partial charge on any atom is 0.183 e. The third-order valence-corrected chi connectivity index (χ3v) is 3.24. The fourth-order valence-corrected chi connectivity index (χ4v) is 2.54. The molecule has 2 aromatic rings. The second kappa shape index (κ2) is 4.19. The van der Waals surface area contributed by atoms with Gasteiger partial charge in [0.2, 0.25) is 0 Å². The van der Waals surface area contributed by atoms with E-state index in [2.05, 4.69) is 57.3 Å². The van der Waals surface area contributed by atoms with Gasteiger partial charge in [0, 0.05) is 6.42 Å². The van der Waals surface area contributed by atoms with Crippen molar-refractivity contribution < 1.29 is 0 Å². The van der Waals surface area contributed by atoms with Gasteiger partial charge in [-0.05, 0) is 28.4 Å². The van der Waals surface area contributed by atoms with Crippen LogP contribution >= 0.6 is 27.3 Å². The Bertz CT molecular complexity index is 439. The van der Waals surface area contributed by atoms with Crippen LogP contribution in [0.15, 0.2) is 28.2 Å². The fourth-order valence-electron chi connectivity index (χ4n) is 1.30. The number of hydrogen-bond donors (Lipinski definition) is 0. The number of halogens is 1. The maximum atomic E-state index is 4.06. The Kier molecular flexibility index (Phi) is 2.93. The molecule has 0 aliphatic heterocycles. The Morgan fingerprint density at radius 3 is 2.86 bits per heavy atom. The molecule has 0 amide bonds. The van der Waals surface area contributed by atoms with Crippen molar-refractivity contribution in [3.05, 3.63) is 44.3 Å². The summed E-state index contributed by atoms with van der Waals surface area (Å²) in [7, 11) is 0. The minimum Gasteiger partial charge on any atom is -0.142 e. The Hall–Kier alpha value is -0.740.